The minimum Gasteiger partial charge on any atom is -0.238 e. The lowest BCUT2D eigenvalue weighted by Gasteiger charge is -2.27. The molecule has 0 aliphatic heterocycles. The van der Waals surface area contributed by atoms with Crippen LogP contribution in [0, 0.1) is 17.9 Å². The molecular formula is C42H30N2. The zero-order valence-electron chi connectivity index (χ0n) is 25.4. The first-order valence-corrected chi connectivity index (χ1v) is 15.5. The van der Waals surface area contributed by atoms with Crippen LogP contribution in [0.15, 0.2) is 84.9 Å². The summed E-state index contributed by atoms with van der Waals surface area (Å²) in [7, 11) is 0. The standard InChI is InChI=1S/C42H30N2/c1-41(2)34-16-23-14-15-24-17-35-33(40-29-13-9-7-11-27(29)38(44-5)21-37(40)42(35,3)4)20-31(24)30(23)19-32(34)39-28-12-8-6-10-26(28)25(22-43)18-36(39)41/h6-13,16-21H,14-15H2,1-4H3. The fourth-order valence-electron chi connectivity index (χ4n) is 8.69. The van der Waals surface area contributed by atoms with Gasteiger partial charge in [-0.1, -0.05) is 94.4 Å². The monoisotopic (exact) mass is 562 g/mol. The van der Waals surface area contributed by atoms with E-state index in [1.807, 2.05) is 12.1 Å². The molecule has 44 heavy (non-hydrogen) atoms. The number of nitriles is 1. The van der Waals surface area contributed by atoms with Gasteiger partial charge >= 0.3 is 0 Å². The summed E-state index contributed by atoms with van der Waals surface area (Å²) in [4.78, 5) is 3.94. The molecule has 2 heteroatoms. The summed E-state index contributed by atoms with van der Waals surface area (Å²) in [5.41, 5.74) is 17.0. The summed E-state index contributed by atoms with van der Waals surface area (Å²) >= 11 is 0. The molecule has 0 saturated carbocycles. The second kappa shape index (κ2) is 8.25. The summed E-state index contributed by atoms with van der Waals surface area (Å²) in [6.07, 6.45) is 2.03. The molecule has 3 aliphatic rings. The lowest BCUT2D eigenvalue weighted by Crippen LogP contribution is -2.17. The van der Waals surface area contributed by atoms with E-state index in [1.165, 1.54) is 72.1 Å². The lowest BCUT2D eigenvalue weighted by atomic mass is 9.76. The van der Waals surface area contributed by atoms with Crippen molar-refractivity contribution in [2.45, 2.75) is 51.4 Å². The molecule has 0 spiro atoms. The van der Waals surface area contributed by atoms with Crippen molar-refractivity contribution in [2.75, 3.05) is 0 Å². The van der Waals surface area contributed by atoms with Crippen LogP contribution in [0.2, 0.25) is 0 Å². The average molecular weight is 563 g/mol. The van der Waals surface area contributed by atoms with E-state index < -0.39 is 0 Å². The third-order valence-corrected chi connectivity index (χ3v) is 11.0. The van der Waals surface area contributed by atoms with E-state index in [0.29, 0.717) is 0 Å². The van der Waals surface area contributed by atoms with Crippen LogP contribution in [0.1, 0.15) is 66.6 Å². The van der Waals surface area contributed by atoms with E-state index in [9.17, 15) is 5.26 Å². The van der Waals surface area contributed by atoms with E-state index >= 15 is 0 Å². The van der Waals surface area contributed by atoms with E-state index in [2.05, 4.69) is 111 Å². The Labute approximate surface area is 258 Å². The van der Waals surface area contributed by atoms with Crippen LogP contribution >= 0.6 is 0 Å². The predicted molar refractivity (Wildman–Crippen MR) is 180 cm³/mol. The summed E-state index contributed by atoms with van der Waals surface area (Å²) in [5.74, 6) is 0. The van der Waals surface area contributed by atoms with Crippen LogP contribution in [-0.2, 0) is 23.7 Å². The van der Waals surface area contributed by atoms with Crippen LogP contribution in [-0.4, -0.2) is 0 Å². The maximum Gasteiger partial charge on any atom is 0.195 e. The van der Waals surface area contributed by atoms with Gasteiger partial charge in [-0.25, -0.2) is 4.85 Å². The smallest absolute Gasteiger partial charge is 0.195 e. The average Bonchev–Trinajstić information content (AvgIpc) is 3.40. The molecule has 6 aromatic carbocycles. The minimum atomic E-state index is -0.184. The highest BCUT2D eigenvalue weighted by Crippen LogP contribution is 2.57. The summed E-state index contributed by atoms with van der Waals surface area (Å²) in [6.45, 7) is 17.2. The Morgan fingerprint density at radius 3 is 1.59 bits per heavy atom. The second-order valence-corrected chi connectivity index (χ2v) is 13.8. The molecular weight excluding hydrogens is 532 g/mol. The predicted octanol–water partition coefficient (Wildman–Crippen LogP) is 10.8. The summed E-state index contributed by atoms with van der Waals surface area (Å²) in [5, 5.41) is 14.4. The first kappa shape index (κ1) is 25.3. The van der Waals surface area contributed by atoms with Crippen molar-refractivity contribution in [3.05, 3.63) is 135 Å². The largest absolute Gasteiger partial charge is 0.238 e. The molecule has 0 atom stereocenters. The van der Waals surface area contributed by atoms with E-state index in [1.54, 1.807) is 0 Å². The van der Waals surface area contributed by atoms with Crippen molar-refractivity contribution < 1.29 is 0 Å². The first-order valence-electron chi connectivity index (χ1n) is 15.5. The Morgan fingerprint density at radius 1 is 0.591 bits per heavy atom. The fourth-order valence-corrected chi connectivity index (χ4v) is 8.69. The molecule has 6 aromatic rings. The molecule has 208 valence electrons. The van der Waals surface area contributed by atoms with Crippen LogP contribution < -0.4 is 0 Å². The van der Waals surface area contributed by atoms with Gasteiger partial charge < -0.3 is 0 Å². The van der Waals surface area contributed by atoms with Crippen LogP contribution in [0.5, 0.6) is 0 Å². The Hall–Kier alpha value is -5.18. The number of fused-ring (bicyclic) bond motifs is 13. The van der Waals surface area contributed by atoms with Crippen molar-refractivity contribution in [3.63, 3.8) is 0 Å². The summed E-state index contributed by atoms with van der Waals surface area (Å²) < 4.78 is 0. The number of aryl methyl sites for hydroxylation is 2. The molecule has 2 nitrogen and oxygen atoms in total. The van der Waals surface area contributed by atoms with Crippen molar-refractivity contribution >= 4 is 27.2 Å². The molecule has 0 amide bonds. The van der Waals surface area contributed by atoms with Gasteiger partial charge in [0, 0.05) is 16.2 Å². The molecule has 0 N–H and O–H groups in total. The number of benzene rings is 6. The van der Waals surface area contributed by atoms with E-state index in [4.69, 9.17) is 6.57 Å². The molecule has 0 heterocycles. The van der Waals surface area contributed by atoms with Gasteiger partial charge in [0.15, 0.2) is 5.69 Å². The number of rotatable bonds is 0. The lowest BCUT2D eigenvalue weighted by molar-refractivity contribution is 0.657. The highest BCUT2D eigenvalue weighted by molar-refractivity contribution is 6.09. The highest BCUT2D eigenvalue weighted by atomic mass is 14.6. The quantitative estimate of drug-likeness (QED) is 0.169. The van der Waals surface area contributed by atoms with Crippen molar-refractivity contribution in [1.29, 1.82) is 5.26 Å². The molecule has 0 saturated heterocycles. The Balaban J connectivity index is 1.33. The van der Waals surface area contributed by atoms with Crippen LogP contribution in [0.4, 0.5) is 5.69 Å². The van der Waals surface area contributed by atoms with Crippen molar-refractivity contribution in [3.8, 4) is 39.4 Å². The van der Waals surface area contributed by atoms with Crippen LogP contribution in [0.3, 0.4) is 0 Å². The van der Waals surface area contributed by atoms with Gasteiger partial charge in [0.05, 0.1) is 18.2 Å². The number of hydrogen-bond donors (Lipinski definition) is 0. The minimum absolute atomic E-state index is 0.179. The number of nitrogens with zero attached hydrogens (tertiary/aromatic N) is 2. The molecule has 3 aliphatic carbocycles. The van der Waals surface area contributed by atoms with E-state index in [0.717, 1.165) is 40.3 Å². The Bertz CT molecular complexity index is 2230. The normalized spacial score (nSPS) is 15.9. The summed E-state index contributed by atoms with van der Waals surface area (Å²) in [6, 6.07) is 33.4. The molecule has 0 fully saturated rings. The zero-order valence-corrected chi connectivity index (χ0v) is 25.4. The van der Waals surface area contributed by atoms with Gasteiger partial charge in [-0.05, 0) is 114 Å². The second-order valence-electron chi connectivity index (χ2n) is 13.8. The fraction of sp³-hybridized carbons (Fsp3) is 0.190. The van der Waals surface area contributed by atoms with Crippen molar-refractivity contribution in [1.82, 2.24) is 0 Å². The topological polar surface area (TPSA) is 28.1 Å². The third kappa shape index (κ3) is 2.98. The molecule has 0 aromatic heterocycles. The first-order chi connectivity index (χ1) is 21.2. The Morgan fingerprint density at radius 2 is 1.07 bits per heavy atom. The molecule has 9 rings (SSSR count). The number of hydrogen-bond acceptors (Lipinski definition) is 1. The van der Waals surface area contributed by atoms with Gasteiger partial charge in [-0.15, -0.1) is 0 Å². The molecule has 0 unspecified atom stereocenters. The van der Waals surface area contributed by atoms with E-state index in [-0.39, 0.29) is 10.8 Å². The van der Waals surface area contributed by atoms with Crippen molar-refractivity contribution in [2.24, 2.45) is 0 Å². The van der Waals surface area contributed by atoms with Gasteiger partial charge in [0.2, 0.25) is 0 Å². The maximum absolute atomic E-state index is 10.1. The molecule has 0 bridgehead atoms. The highest BCUT2D eigenvalue weighted by Gasteiger charge is 2.41. The maximum atomic E-state index is 10.1. The molecule has 0 radical (unpaired) electrons. The van der Waals surface area contributed by atoms with Gasteiger partial charge in [0.1, 0.15) is 0 Å². The van der Waals surface area contributed by atoms with Gasteiger partial charge in [-0.2, -0.15) is 5.26 Å². The Kier molecular flexibility index (Phi) is 4.75. The third-order valence-electron chi connectivity index (χ3n) is 11.0. The van der Waals surface area contributed by atoms with Gasteiger partial charge in [0.25, 0.3) is 0 Å². The zero-order chi connectivity index (χ0) is 30.1. The SMILES string of the molecule is [C-]#[N+]c1cc2c(c3ccccc13)-c1cc3c(cc1C2(C)C)CCc1cc2c(cc1-3)-c1c(cc(C#N)c3ccccc13)C2(C)C. The van der Waals surface area contributed by atoms with Crippen LogP contribution in [0.25, 0.3) is 59.8 Å². The van der Waals surface area contributed by atoms with Gasteiger partial charge in [-0.3, -0.25) is 0 Å².